The van der Waals surface area contributed by atoms with Crippen molar-refractivity contribution in [2.24, 2.45) is 5.84 Å². The zero-order valence-corrected chi connectivity index (χ0v) is 7.24. The molecule has 68 valence electrons. The lowest BCUT2D eigenvalue weighted by atomic mass is 10.2. The predicted octanol–water partition coefficient (Wildman–Crippen LogP) is 0.521. The molecule has 5 heteroatoms. The van der Waals surface area contributed by atoms with Crippen molar-refractivity contribution in [2.75, 3.05) is 6.61 Å². The van der Waals surface area contributed by atoms with E-state index in [1.807, 2.05) is 0 Å². The van der Waals surface area contributed by atoms with Gasteiger partial charge in [-0.15, -0.1) is 0 Å². The number of aliphatic hydroxyl groups is 1. The van der Waals surface area contributed by atoms with Crippen LogP contribution in [0.2, 0.25) is 0 Å². The molecule has 0 saturated heterocycles. The maximum Gasteiger partial charge on any atom is 0.112 e. The van der Waals surface area contributed by atoms with Crippen LogP contribution in [0.4, 0.5) is 0 Å². The van der Waals surface area contributed by atoms with Gasteiger partial charge in [-0.3, -0.25) is 11.0 Å². The van der Waals surface area contributed by atoms with E-state index in [0.29, 0.717) is 13.0 Å². The second-order valence-electron chi connectivity index (χ2n) is 2.41. The van der Waals surface area contributed by atoms with Crippen molar-refractivity contribution in [1.82, 2.24) is 5.12 Å². The summed E-state index contributed by atoms with van der Waals surface area (Å²) in [5.74, 6) is 5.34. The third-order valence-corrected chi connectivity index (χ3v) is 1.44. The van der Waals surface area contributed by atoms with Crippen molar-refractivity contribution < 1.29 is 9.94 Å². The average Bonchev–Trinajstić information content (AvgIpc) is 2.00. The Morgan fingerprint density at radius 3 is 2.55 bits per heavy atom. The van der Waals surface area contributed by atoms with E-state index >= 15 is 0 Å². The molecule has 5 nitrogen and oxygen atoms in total. The average molecular weight is 162 g/mol. The highest BCUT2D eigenvalue weighted by atomic mass is 16.7. The van der Waals surface area contributed by atoms with Crippen molar-refractivity contribution in [3.63, 3.8) is 0 Å². The van der Waals surface area contributed by atoms with E-state index in [-0.39, 0.29) is 0 Å². The Morgan fingerprint density at radius 2 is 2.18 bits per heavy atom. The fraction of sp³-hybridized carbons (Fsp3) is 1.00. The molecule has 0 saturated carbocycles. The van der Waals surface area contributed by atoms with E-state index in [1.165, 1.54) is 0 Å². The molecule has 0 aliphatic rings. The topological polar surface area (TPSA) is 72.8 Å². The van der Waals surface area contributed by atoms with Crippen LogP contribution in [0.5, 0.6) is 0 Å². The van der Waals surface area contributed by atoms with Gasteiger partial charge in [-0.05, 0) is 20.3 Å². The SMILES string of the molecule is CCO[N-]N(N)C(C)(O)CC. The highest BCUT2D eigenvalue weighted by molar-refractivity contribution is 4.71. The summed E-state index contributed by atoms with van der Waals surface area (Å²) in [4.78, 5) is 4.65. The van der Waals surface area contributed by atoms with Gasteiger partial charge in [0, 0.05) is 6.61 Å². The molecule has 11 heavy (non-hydrogen) atoms. The van der Waals surface area contributed by atoms with E-state index in [4.69, 9.17) is 5.84 Å². The second kappa shape index (κ2) is 4.63. The van der Waals surface area contributed by atoms with Crippen molar-refractivity contribution in [1.29, 1.82) is 0 Å². The van der Waals surface area contributed by atoms with Crippen molar-refractivity contribution in [3.8, 4) is 0 Å². The Morgan fingerprint density at radius 1 is 1.64 bits per heavy atom. The molecule has 0 radical (unpaired) electrons. The maximum absolute atomic E-state index is 9.45. The van der Waals surface area contributed by atoms with Crippen LogP contribution in [-0.2, 0) is 4.84 Å². The molecule has 0 aliphatic carbocycles. The number of hydrogen-bond donors (Lipinski definition) is 2. The van der Waals surface area contributed by atoms with Gasteiger partial charge in [0.05, 0.1) is 0 Å². The molecule has 0 heterocycles. The molecular formula is C6H16N3O2-. The van der Waals surface area contributed by atoms with Gasteiger partial charge in [-0.1, -0.05) is 6.92 Å². The van der Waals surface area contributed by atoms with Crippen molar-refractivity contribution in [2.45, 2.75) is 32.9 Å². The predicted molar refractivity (Wildman–Crippen MR) is 41.9 cm³/mol. The minimum atomic E-state index is -1.13. The quantitative estimate of drug-likeness (QED) is 0.351. The molecular weight excluding hydrogens is 146 g/mol. The van der Waals surface area contributed by atoms with E-state index in [2.05, 4.69) is 10.4 Å². The highest BCUT2D eigenvalue weighted by Crippen LogP contribution is 2.14. The summed E-state index contributed by atoms with van der Waals surface area (Å²) in [6, 6.07) is 0. The Hall–Kier alpha value is -0.200. The first-order chi connectivity index (χ1) is 5.04. The van der Waals surface area contributed by atoms with Crippen LogP contribution >= 0.6 is 0 Å². The fourth-order valence-corrected chi connectivity index (χ4v) is 0.370. The summed E-state index contributed by atoms with van der Waals surface area (Å²) in [7, 11) is 0. The van der Waals surface area contributed by atoms with Crippen LogP contribution in [-0.4, -0.2) is 22.6 Å². The van der Waals surface area contributed by atoms with E-state index in [1.54, 1.807) is 20.8 Å². The first-order valence-electron chi connectivity index (χ1n) is 3.64. The summed E-state index contributed by atoms with van der Waals surface area (Å²) < 4.78 is 0. The van der Waals surface area contributed by atoms with Crippen LogP contribution in [0.1, 0.15) is 27.2 Å². The Kier molecular flexibility index (Phi) is 4.55. The first kappa shape index (κ1) is 10.8. The molecule has 0 rings (SSSR count). The Balaban J connectivity index is 3.71. The number of nitrogens with two attached hydrogens (primary N) is 1. The third-order valence-electron chi connectivity index (χ3n) is 1.44. The molecule has 0 aliphatic heterocycles. The number of nitrogens with zero attached hydrogens (tertiary/aromatic N) is 2. The minimum Gasteiger partial charge on any atom is -0.471 e. The number of hydrogen-bond acceptors (Lipinski definition) is 4. The van der Waals surface area contributed by atoms with Crippen LogP contribution in [0.25, 0.3) is 5.59 Å². The zero-order chi connectivity index (χ0) is 8.91. The standard InChI is InChI=1S/C6H16N3O2/c1-4-6(3,10)9(7)8-11-5-2/h10H,4-5,7H2,1-3H3/q-1. The molecule has 0 aromatic heterocycles. The smallest absolute Gasteiger partial charge is 0.112 e. The molecule has 1 atom stereocenters. The van der Waals surface area contributed by atoms with Crippen LogP contribution < -0.4 is 5.84 Å². The fourth-order valence-electron chi connectivity index (χ4n) is 0.370. The summed E-state index contributed by atoms with van der Waals surface area (Å²) in [5.41, 5.74) is 2.32. The van der Waals surface area contributed by atoms with Crippen LogP contribution in [0.15, 0.2) is 0 Å². The molecule has 0 fully saturated rings. The Bertz CT molecular complexity index is 108. The molecule has 1 unspecified atom stereocenters. The van der Waals surface area contributed by atoms with Gasteiger partial charge in [0.25, 0.3) is 0 Å². The zero-order valence-electron chi connectivity index (χ0n) is 7.24. The van der Waals surface area contributed by atoms with Gasteiger partial charge in [-0.25, -0.2) is 0 Å². The van der Waals surface area contributed by atoms with Crippen molar-refractivity contribution in [3.05, 3.63) is 5.59 Å². The monoisotopic (exact) mass is 162 g/mol. The Labute approximate surface area is 67.0 Å². The van der Waals surface area contributed by atoms with Gasteiger partial charge >= 0.3 is 0 Å². The van der Waals surface area contributed by atoms with E-state index in [9.17, 15) is 5.11 Å². The van der Waals surface area contributed by atoms with Gasteiger partial charge in [0.15, 0.2) is 0 Å². The van der Waals surface area contributed by atoms with Gasteiger partial charge in [0.1, 0.15) is 5.72 Å². The van der Waals surface area contributed by atoms with E-state index in [0.717, 1.165) is 5.12 Å². The first-order valence-corrected chi connectivity index (χ1v) is 3.64. The highest BCUT2D eigenvalue weighted by Gasteiger charge is 2.17. The van der Waals surface area contributed by atoms with Crippen LogP contribution in [0, 0.1) is 0 Å². The molecule has 0 bridgehead atoms. The lowest BCUT2D eigenvalue weighted by Gasteiger charge is -2.42. The molecule has 0 spiro atoms. The molecule has 0 amide bonds. The summed E-state index contributed by atoms with van der Waals surface area (Å²) in [6.07, 6.45) is 0.486. The number of hydrazine groups is 1. The second-order valence-corrected chi connectivity index (χ2v) is 2.41. The summed E-state index contributed by atoms with van der Waals surface area (Å²) in [5, 5.41) is 10.4. The third kappa shape index (κ3) is 3.64. The van der Waals surface area contributed by atoms with Gasteiger partial charge in [0.2, 0.25) is 0 Å². The lowest BCUT2D eigenvalue weighted by Crippen LogP contribution is -2.47. The van der Waals surface area contributed by atoms with E-state index < -0.39 is 5.72 Å². The summed E-state index contributed by atoms with van der Waals surface area (Å²) in [6.45, 7) is 5.60. The molecule has 3 N–H and O–H groups in total. The molecule has 0 aromatic carbocycles. The van der Waals surface area contributed by atoms with Gasteiger partial charge < -0.3 is 15.5 Å². The van der Waals surface area contributed by atoms with Crippen LogP contribution in [0.3, 0.4) is 0 Å². The molecule has 0 aromatic rings. The lowest BCUT2D eigenvalue weighted by molar-refractivity contribution is -0.107. The van der Waals surface area contributed by atoms with Crippen molar-refractivity contribution >= 4 is 0 Å². The minimum absolute atomic E-state index is 0.438. The largest absolute Gasteiger partial charge is 0.471 e. The summed E-state index contributed by atoms with van der Waals surface area (Å²) >= 11 is 0. The number of rotatable bonds is 5. The maximum atomic E-state index is 9.45. The normalized spacial score (nSPS) is 16.9. The van der Waals surface area contributed by atoms with Gasteiger partial charge in [-0.2, -0.15) is 0 Å².